The van der Waals surface area contributed by atoms with Crippen molar-refractivity contribution in [2.75, 3.05) is 32.7 Å². The molecule has 0 saturated carbocycles. The Morgan fingerprint density at radius 1 is 1.23 bits per heavy atom. The number of rotatable bonds is 8. The van der Waals surface area contributed by atoms with Crippen LogP contribution in [0, 0.1) is 11.7 Å². The van der Waals surface area contributed by atoms with Crippen molar-refractivity contribution in [3.63, 3.8) is 0 Å². The van der Waals surface area contributed by atoms with Crippen molar-refractivity contribution in [3.8, 4) is 0 Å². The highest BCUT2D eigenvalue weighted by Crippen LogP contribution is 2.17. The van der Waals surface area contributed by atoms with E-state index in [9.17, 15) is 9.18 Å². The van der Waals surface area contributed by atoms with Gasteiger partial charge in [-0.15, -0.1) is 0 Å². The maximum atomic E-state index is 14.0. The Balaban J connectivity index is 2.88. The van der Waals surface area contributed by atoms with Crippen LogP contribution in [0.15, 0.2) is 22.7 Å². The second-order valence-corrected chi connectivity index (χ2v) is 6.71. The maximum absolute atomic E-state index is 14.0. The smallest absolute Gasteiger partial charge is 0.256 e. The minimum absolute atomic E-state index is 0.142. The van der Waals surface area contributed by atoms with Gasteiger partial charge in [-0.05, 0) is 37.2 Å². The van der Waals surface area contributed by atoms with Crippen LogP contribution in [0.3, 0.4) is 0 Å². The fraction of sp³-hybridized carbons (Fsp3) is 0.588. The van der Waals surface area contributed by atoms with Crippen molar-refractivity contribution in [1.29, 1.82) is 0 Å². The molecule has 0 aliphatic carbocycles. The van der Waals surface area contributed by atoms with Crippen LogP contribution in [0.5, 0.6) is 0 Å². The molecule has 1 amide bonds. The van der Waals surface area contributed by atoms with Gasteiger partial charge in [0.05, 0.1) is 5.56 Å². The molecule has 0 spiro atoms. The van der Waals surface area contributed by atoms with Gasteiger partial charge in [0, 0.05) is 24.1 Å². The van der Waals surface area contributed by atoms with Gasteiger partial charge < -0.3 is 9.80 Å². The van der Waals surface area contributed by atoms with E-state index in [1.54, 1.807) is 17.0 Å². The van der Waals surface area contributed by atoms with E-state index in [4.69, 9.17) is 0 Å². The van der Waals surface area contributed by atoms with Crippen LogP contribution < -0.4 is 0 Å². The van der Waals surface area contributed by atoms with Crippen LogP contribution in [0.25, 0.3) is 0 Å². The van der Waals surface area contributed by atoms with Crippen molar-refractivity contribution in [2.24, 2.45) is 5.92 Å². The highest BCUT2D eigenvalue weighted by Gasteiger charge is 2.20. The zero-order valence-corrected chi connectivity index (χ0v) is 15.5. The molecule has 124 valence electrons. The first kappa shape index (κ1) is 19.1. The number of amides is 1. The van der Waals surface area contributed by atoms with Crippen molar-refractivity contribution < 1.29 is 9.18 Å². The average molecular weight is 373 g/mol. The van der Waals surface area contributed by atoms with E-state index in [0.29, 0.717) is 23.5 Å². The standard InChI is InChI=1S/C17H26BrFN2O/c1-5-20(6-2)9-10-21(12-13(3)4)17(22)15-8-7-14(18)11-16(15)19/h7-8,11,13H,5-6,9-10,12H2,1-4H3. The van der Waals surface area contributed by atoms with Gasteiger partial charge in [-0.25, -0.2) is 4.39 Å². The van der Waals surface area contributed by atoms with Crippen LogP contribution in [0.4, 0.5) is 4.39 Å². The van der Waals surface area contributed by atoms with Crippen molar-refractivity contribution in [1.82, 2.24) is 9.80 Å². The number of carbonyl (C=O) groups is 1. The summed E-state index contributed by atoms with van der Waals surface area (Å²) < 4.78 is 14.7. The lowest BCUT2D eigenvalue weighted by molar-refractivity contribution is 0.0711. The van der Waals surface area contributed by atoms with Gasteiger partial charge in [0.1, 0.15) is 5.82 Å². The van der Waals surface area contributed by atoms with Crippen molar-refractivity contribution in [2.45, 2.75) is 27.7 Å². The number of benzene rings is 1. The Bertz CT molecular complexity index is 490. The lowest BCUT2D eigenvalue weighted by Gasteiger charge is -2.28. The molecule has 0 bridgehead atoms. The topological polar surface area (TPSA) is 23.6 Å². The maximum Gasteiger partial charge on any atom is 0.256 e. The molecule has 1 aromatic carbocycles. The molecular weight excluding hydrogens is 347 g/mol. The summed E-state index contributed by atoms with van der Waals surface area (Å²) in [6, 6.07) is 4.59. The molecule has 22 heavy (non-hydrogen) atoms. The largest absolute Gasteiger partial charge is 0.337 e. The summed E-state index contributed by atoms with van der Waals surface area (Å²) in [6.07, 6.45) is 0. The monoisotopic (exact) mass is 372 g/mol. The first-order valence-corrected chi connectivity index (χ1v) is 8.65. The van der Waals surface area contributed by atoms with Crippen LogP contribution in [-0.4, -0.2) is 48.4 Å². The van der Waals surface area contributed by atoms with E-state index in [1.807, 2.05) is 0 Å². The highest BCUT2D eigenvalue weighted by atomic mass is 79.9. The zero-order chi connectivity index (χ0) is 16.7. The summed E-state index contributed by atoms with van der Waals surface area (Å²) in [5.41, 5.74) is 0.142. The second-order valence-electron chi connectivity index (χ2n) is 5.80. The molecule has 0 fully saturated rings. The molecular formula is C17H26BrFN2O. The third-order valence-corrected chi connectivity index (χ3v) is 4.11. The summed E-state index contributed by atoms with van der Waals surface area (Å²) in [7, 11) is 0. The van der Waals surface area contributed by atoms with Crippen LogP contribution in [0.2, 0.25) is 0 Å². The van der Waals surface area contributed by atoms with Gasteiger partial charge in [-0.1, -0.05) is 43.6 Å². The third kappa shape index (κ3) is 5.69. The van der Waals surface area contributed by atoms with Crippen molar-refractivity contribution in [3.05, 3.63) is 34.1 Å². The molecule has 0 heterocycles. The highest BCUT2D eigenvalue weighted by molar-refractivity contribution is 9.10. The molecule has 0 aromatic heterocycles. The quantitative estimate of drug-likeness (QED) is 0.687. The number of nitrogens with zero attached hydrogens (tertiary/aromatic N) is 2. The predicted molar refractivity (Wildman–Crippen MR) is 92.6 cm³/mol. The molecule has 0 aliphatic rings. The van der Waals surface area contributed by atoms with E-state index in [1.165, 1.54) is 6.07 Å². The van der Waals surface area contributed by atoms with E-state index >= 15 is 0 Å². The number of halogens is 2. The van der Waals surface area contributed by atoms with E-state index in [-0.39, 0.29) is 11.5 Å². The SMILES string of the molecule is CCN(CC)CCN(CC(C)C)C(=O)c1ccc(Br)cc1F. The summed E-state index contributed by atoms with van der Waals surface area (Å²) in [5, 5.41) is 0. The van der Waals surface area contributed by atoms with E-state index in [2.05, 4.69) is 48.5 Å². The molecule has 0 aliphatic heterocycles. The minimum atomic E-state index is -0.476. The number of likely N-dealkylation sites (N-methyl/N-ethyl adjacent to an activating group) is 1. The van der Waals surface area contributed by atoms with Crippen molar-refractivity contribution >= 4 is 21.8 Å². The van der Waals surface area contributed by atoms with Crippen LogP contribution >= 0.6 is 15.9 Å². The normalized spacial score (nSPS) is 11.3. The van der Waals surface area contributed by atoms with Gasteiger partial charge in [-0.3, -0.25) is 4.79 Å². The first-order valence-electron chi connectivity index (χ1n) is 7.85. The predicted octanol–water partition coefficient (Wildman–Crippen LogP) is 4.03. The molecule has 0 atom stereocenters. The Hall–Kier alpha value is -0.940. The second kappa shape index (κ2) is 9.26. The van der Waals surface area contributed by atoms with E-state index < -0.39 is 5.82 Å². The van der Waals surface area contributed by atoms with Gasteiger partial charge in [0.15, 0.2) is 0 Å². The Labute approximate surface area is 141 Å². The fourth-order valence-electron chi connectivity index (χ4n) is 2.35. The molecule has 3 nitrogen and oxygen atoms in total. The molecule has 1 aromatic rings. The minimum Gasteiger partial charge on any atom is -0.337 e. The van der Waals surface area contributed by atoms with Crippen LogP contribution in [-0.2, 0) is 0 Å². The number of hydrogen-bond acceptors (Lipinski definition) is 2. The summed E-state index contributed by atoms with van der Waals surface area (Å²) in [6.45, 7) is 12.3. The van der Waals surface area contributed by atoms with Gasteiger partial charge in [0.25, 0.3) is 5.91 Å². The van der Waals surface area contributed by atoms with Gasteiger partial charge in [-0.2, -0.15) is 0 Å². The molecule has 1 rings (SSSR count). The number of carbonyl (C=O) groups excluding carboxylic acids is 1. The average Bonchev–Trinajstić information content (AvgIpc) is 2.46. The fourth-order valence-corrected chi connectivity index (χ4v) is 2.68. The summed E-state index contributed by atoms with van der Waals surface area (Å²) in [4.78, 5) is 16.7. The molecule has 0 saturated heterocycles. The Kier molecular flexibility index (Phi) is 8.04. The van der Waals surface area contributed by atoms with Crippen LogP contribution in [0.1, 0.15) is 38.1 Å². The zero-order valence-electron chi connectivity index (χ0n) is 13.9. The molecule has 0 N–H and O–H groups in total. The van der Waals surface area contributed by atoms with Gasteiger partial charge in [0.2, 0.25) is 0 Å². The summed E-state index contributed by atoms with van der Waals surface area (Å²) >= 11 is 3.22. The third-order valence-electron chi connectivity index (χ3n) is 3.61. The Morgan fingerprint density at radius 2 is 1.86 bits per heavy atom. The molecule has 0 radical (unpaired) electrons. The lowest BCUT2D eigenvalue weighted by atomic mass is 10.1. The lowest BCUT2D eigenvalue weighted by Crippen LogP contribution is -2.40. The molecule has 0 unspecified atom stereocenters. The number of hydrogen-bond donors (Lipinski definition) is 0. The van der Waals surface area contributed by atoms with Gasteiger partial charge >= 0.3 is 0 Å². The Morgan fingerprint density at radius 3 is 2.36 bits per heavy atom. The molecule has 5 heteroatoms. The first-order chi connectivity index (χ1) is 10.4. The summed E-state index contributed by atoms with van der Waals surface area (Å²) in [5.74, 6) is -0.360. The van der Waals surface area contributed by atoms with E-state index in [0.717, 1.165) is 19.6 Å².